The van der Waals surface area contributed by atoms with Crippen molar-refractivity contribution in [1.82, 2.24) is 15.5 Å². The molecule has 1 amide bonds. The number of nitrogens with zero attached hydrogens (tertiary/aromatic N) is 3. The Hall–Kier alpha value is -2.37. The van der Waals surface area contributed by atoms with Crippen LogP contribution in [0.3, 0.4) is 0 Å². The summed E-state index contributed by atoms with van der Waals surface area (Å²) in [6.07, 6.45) is 4.00. The molecular formula is C17H22N4O2. The van der Waals surface area contributed by atoms with E-state index >= 15 is 0 Å². The molecule has 2 aromatic rings. The molecule has 0 aromatic carbocycles. The zero-order valence-corrected chi connectivity index (χ0v) is 13.6. The lowest BCUT2D eigenvalue weighted by atomic mass is 9.96. The average molecular weight is 314 g/mol. The fraction of sp³-hybridized carbons (Fsp3) is 0.471. The number of pyridine rings is 1. The van der Waals surface area contributed by atoms with Gasteiger partial charge in [0.25, 0.3) is 5.91 Å². The lowest BCUT2D eigenvalue weighted by Gasteiger charge is -2.33. The van der Waals surface area contributed by atoms with Crippen molar-refractivity contribution in [2.45, 2.75) is 26.7 Å². The molecule has 6 nitrogen and oxygen atoms in total. The van der Waals surface area contributed by atoms with E-state index in [1.165, 1.54) is 5.69 Å². The van der Waals surface area contributed by atoms with Crippen molar-refractivity contribution in [1.29, 1.82) is 0 Å². The molecule has 122 valence electrons. The van der Waals surface area contributed by atoms with Crippen LogP contribution in [-0.4, -0.2) is 35.7 Å². The highest BCUT2D eigenvalue weighted by atomic mass is 16.5. The largest absolute Gasteiger partial charge is 0.371 e. The number of hydrogen-bond acceptors (Lipinski definition) is 5. The molecular weight excluding hydrogens is 292 g/mol. The Kier molecular flexibility index (Phi) is 4.60. The van der Waals surface area contributed by atoms with Gasteiger partial charge in [0.1, 0.15) is 5.76 Å². The van der Waals surface area contributed by atoms with E-state index in [1.54, 1.807) is 13.0 Å². The van der Waals surface area contributed by atoms with Crippen LogP contribution in [0.25, 0.3) is 0 Å². The third-order valence-corrected chi connectivity index (χ3v) is 4.27. The first-order valence-electron chi connectivity index (χ1n) is 8.01. The summed E-state index contributed by atoms with van der Waals surface area (Å²) in [5.74, 6) is 0.997. The number of piperidine rings is 1. The van der Waals surface area contributed by atoms with Crippen molar-refractivity contribution >= 4 is 11.6 Å². The zero-order valence-electron chi connectivity index (χ0n) is 13.6. The van der Waals surface area contributed by atoms with Gasteiger partial charge in [-0.2, -0.15) is 0 Å². The third-order valence-electron chi connectivity index (χ3n) is 4.27. The van der Waals surface area contributed by atoms with Crippen LogP contribution in [0.15, 0.2) is 28.9 Å². The van der Waals surface area contributed by atoms with Gasteiger partial charge in [0.15, 0.2) is 5.69 Å². The first-order chi connectivity index (χ1) is 11.1. The normalized spacial score (nSPS) is 15.7. The monoisotopic (exact) mass is 314 g/mol. The van der Waals surface area contributed by atoms with Gasteiger partial charge in [-0.25, -0.2) is 0 Å². The molecule has 6 heteroatoms. The molecule has 0 bridgehead atoms. The number of carbonyl (C=O) groups excluding carboxylic acids is 1. The Bertz CT molecular complexity index is 675. The third kappa shape index (κ3) is 3.88. The molecule has 23 heavy (non-hydrogen) atoms. The molecule has 0 unspecified atom stereocenters. The smallest absolute Gasteiger partial charge is 0.273 e. The number of nitrogens with one attached hydrogen (secondary N) is 1. The van der Waals surface area contributed by atoms with E-state index in [9.17, 15) is 4.79 Å². The van der Waals surface area contributed by atoms with Crippen molar-refractivity contribution in [2.75, 3.05) is 24.5 Å². The van der Waals surface area contributed by atoms with Crippen LogP contribution in [0.1, 0.15) is 34.8 Å². The number of anilines is 1. The summed E-state index contributed by atoms with van der Waals surface area (Å²) in [5, 5.41) is 6.69. The van der Waals surface area contributed by atoms with Crippen molar-refractivity contribution in [3.63, 3.8) is 0 Å². The minimum atomic E-state index is -0.158. The molecule has 1 aliphatic heterocycles. The SMILES string of the molecule is Cc1cc(N2CCC(CNC(=O)c3cc(C)on3)CC2)ccn1. The van der Waals surface area contributed by atoms with Crippen molar-refractivity contribution in [2.24, 2.45) is 5.92 Å². The van der Waals surface area contributed by atoms with Gasteiger partial charge in [-0.3, -0.25) is 9.78 Å². The predicted octanol–water partition coefficient (Wildman–Crippen LogP) is 2.33. The van der Waals surface area contributed by atoms with Crippen molar-refractivity contribution in [3.8, 4) is 0 Å². The maximum absolute atomic E-state index is 12.0. The molecule has 1 fully saturated rings. The number of carbonyl (C=O) groups is 1. The summed E-state index contributed by atoms with van der Waals surface area (Å²) < 4.78 is 4.93. The van der Waals surface area contributed by atoms with Crippen LogP contribution in [0.5, 0.6) is 0 Å². The van der Waals surface area contributed by atoms with Gasteiger partial charge in [-0.15, -0.1) is 0 Å². The summed E-state index contributed by atoms with van der Waals surface area (Å²) in [5.41, 5.74) is 2.63. The standard InChI is InChI=1S/C17H22N4O2/c1-12-9-15(3-6-18-12)21-7-4-14(5-8-21)11-19-17(22)16-10-13(2)23-20-16/h3,6,9-10,14H,4-5,7-8,11H2,1-2H3,(H,19,22). The summed E-state index contributed by atoms with van der Waals surface area (Å²) in [6, 6.07) is 5.83. The molecule has 3 rings (SSSR count). The van der Waals surface area contributed by atoms with Crippen LogP contribution in [0.2, 0.25) is 0 Å². The lowest BCUT2D eigenvalue weighted by molar-refractivity contribution is 0.0936. The molecule has 0 saturated carbocycles. The van der Waals surface area contributed by atoms with Gasteiger partial charge in [0.2, 0.25) is 0 Å². The van der Waals surface area contributed by atoms with Gasteiger partial charge in [-0.1, -0.05) is 5.16 Å². The maximum Gasteiger partial charge on any atom is 0.273 e. The fourth-order valence-corrected chi connectivity index (χ4v) is 2.92. The van der Waals surface area contributed by atoms with Crippen LogP contribution >= 0.6 is 0 Å². The topological polar surface area (TPSA) is 71.3 Å². The van der Waals surface area contributed by atoms with E-state index in [1.807, 2.05) is 13.1 Å². The second-order valence-corrected chi connectivity index (χ2v) is 6.12. The Morgan fingerprint density at radius 2 is 2.13 bits per heavy atom. The van der Waals surface area contributed by atoms with Gasteiger partial charge in [0.05, 0.1) is 0 Å². The molecule has 0 radical (unpaired) electrons. The summed E-state index contributed by atoms with van der Waals surface area (Å²) in [4.78, 5) is 18.6. The molecule has 1 N–H and O–H groups in total. The molecule has 1 aliphatic rings. The number of amides is 1. The molecule has 0 atom stereocenters. The lowest BCUT2D eigenvalue weighted by Crippen LogP contribution is -2.38. The van der Waals surface area contributed by atoms with Gasteiger partial charge in [-0.05, 0) is 44.7 Å². The summed E-state index contributed by atoms with van der Waals surface area (Å²) in [6.45, 7) is 6.49. The Morgan fingerprint density at radius 3 is 2.78 bits per heavy atom. The second-order valence-electron chi connectivity index (χ2n) is 6.12. The minimum Gasteiger partial charge on any atom is -0.371 e. The number of aromatic nitrogens is 2. The molecule has 2 aromatic heterocycles. The first-order valence-corrected chi connectivity index (χ1v) is 8.01. The molecule has 1 saturated heterocycles. The second kappa shape index (κ2) is 6.81. The van der Waals surface area contributed by atoms with Gasteiger partial charge in [0, 0.05) is 43.3 Å². The van der Waals surface area contributed by atoms with Gasteiger partial charge >= 0.3 is 0 Å². The maximum atomic E-state index is 12.0. The summed E-state index contributed by atoms with van der Waals surface area (Å²) in [7, 11) is 0. The molecule has 0 spiro atoms. The Labute approximate surface area is 135 Å². The van der Waals surface area contributed by atoms with E-state index < -0.39 is 0 Å². The number of rotatable bonds is 4. The van der Waals surface area contributed by atoms with E-state index in [2.05, 4.69) is 32.5 Å². The van der Waals surface area contributed by atoms with Crippen LogP contribution in [0, 0.1) is 19.8 Å². The van der Waals surface area contributed by atoms with E-state index in [0.717, 1.165) is 31.6 Å². The van der Waals surface area contributed by atoms with Crippen LogP contribution in [-0.2, 0) is 0 Å². The fourth-order valence-electron chi connectivity index (χ4n) is 2.92. The zero-order chi connectivity index (χ0) is 16.2. The van der Waals surface area contributed by atoms with E-state index in [4.69, 9.17) is 4.52 Å². The van der Waals surface area contributed by atoms with Crippen molar-refractivity contribution < 1.29 is 9.32 Å². The van der Waals surface area contributed by atoms with E-state index in [0.29, 0.717) is 23.9 Å². The Balaban J connectivity index is 1.47. The highest BCUT2D eigenvalue weighted by Crippen LogP contribution is 2.23. The van der Waals surface area contributed by atoms with Crippen molar-refractivity contribution in [3.05, 3.63) is 41.5 Å². The molecule has 0 aliphatic carbocycles. The van der Waals surface area contributed by atoms with Crippen LogP contribution in [0.4, 0.5) is 5.69 Å². The Morgan fingerprint density at radius 1 is 1.35 bits per heavy atom. The molecule has 3 heterocycles. The number of aryl methyl sites for hydroxylation is 2. The highest BCUT2D eigenvalue weighted by molar-refractivity contribution is 5.92. The first kappa shape index (κ1) is 15.5. The average Bonchev–Trinajstić information content (AvgIpc) is 3.00. The minimum absolute atomic E-state index is 0.158. The van der Waals surface area contributed by atoms with E-state index in [-0.39, 0.29) is 5.91 Å². The highest BCUT2D eigenvalue weighted by Gasteiger charge is 2.21. The predicted molar refractivity (Wildman–Crippen MR) is 87.5 cm³/mol. The summed E-state index contributed by atoms with van der Waals surface area (Å²) >= 11 is 0. The quantitative estimate of drug-likeness (QED) is 0.938. The number of hydrogen-bond donors (Lipinski definition) is 1. The van der Waals surface area contributed by atoms with Gasteiger partial charge < -0.3 is 14.7 Å². The van der Waals surface area contributed by atoms with Crippen LogP contribution < -0.4 is 10.2 Å².